The molecule has 2 aromatic rings. The van der Waals surface area contributed by atoms with Crippen LogP contribution in [0.2, 0.25) is 0 Å². The van der Waals surface area contributed by atoms with Crippen molar-refractivity contribution in [3.63, 3.8) is 0 Å². The first-order valence-electron chi connectivity index (χ1n) is 6.67. The molecule has 0 bridgehead atoms. The van der Waals surface area contributed by atoms with Gasteiger partial charge in [-0.3, -0.25) is 0 Å². The van der Waals surface area contributed by atoms with Gasteiger partial charge in [-0.2, -0.15) is 0 Å². The molecule has 94 valence electrons. The number of benzene rings is 2. The molecule has 1 heteroatoms. The molecular weight excluding hydrogens is 218 g/mol. The van der Waals surface area contributed by atoms with E-state index in [1.165, 1.54) is 35.2 Å². The van der Waals surface area contributed by atoms with Gasteiger partial charge in [-0.25, -0.2) is 0 Å². The Morgan fingerprint density at radius 1 is 0.889 bits per heavy atom. The van der Waals surface area contributed by atoms with Crippen LogP contribution in [0.25, 0.3) is 0 Å². The third-order valence-electron chi connectivity index (χ3n) is 3.19. The summed E-state index contributed by atoms with van der Waals surface area (Å²) in [5, 5.41) is 3.48. The molecule has 2 rings (SSSR count). The second-order valence-corrected chi connectivity index (χ2v) is 4.73. The average Bonchev–Trinajstić information content (AvgIpc) is 2.40. The Labute approximate surface area is 110 Å². The van der Waals surface area contributed by atoms with Crippen molar-refractivity contribution in [1.82, 2.24) is 0 Å². The van der Waals surface area contributed by atoms with Gasteiger partial charge >= 0.3 is 0 Å². The van der Waals surface area contributed by atoms with E-state index < -0.39 is 0 Å². The van der Waals surface area contributed by atoms with E-state index >= 15 is 0 Å². The molecule has 0 aliphatic heterocycles. The highest BCUT2D eigenvalue weighted by Crippen LogP contribution is 2.15. The largest absolute Gasteiger partial charge is 0.381 e. The number of para-hydroxylation sites is 1. The summed E-state index contributed by atoms with van der Waals surface area (Å²) in [6.07, 6.45) is 2.38. The summed E-state index contributed by atoms with van der Waals surface area (Å²) in [6.45, 7) is 5.23. The standard InChI is InChI=1S/C17H21N/c1-3-6-15-9-11-16(12-10-15)13-18-17-8-5-4-7-14(17)2/h4-5,7-12,18H,3,6,13H2,1-2H3. The first kappa shape index (κ1) is 12.7. The fraction of sp³-hybridized carbons (Fsp3) is 0.294. The molecule has 0 aromatic heterocycles. The predicted octanol–water partition coefficient (Wildman–Crippen LogP) is 4.56. The van der Waals surface area contributed by atoms with Crippen LogP contribution in [-0.4, -0.2) is 0 Å². The lowest BCUT2D eigenvalue weighted by Crippen LogP contribution is -2.00. The maximum atomic E-state index is 3.48. The number of anilines is 1. The molecule has 1 N–H and O–H groups in total. The number of hydrogen-bond donors (Lipinski definition) is 1. The van der Waals surface area contributed by atoms with Crippen molar-refractivity contribution in [2.75, 3.05) is 5.32 Å². The smallest absolute Gasteiger partial charge is 0.0400 e. The van der Waals surface area contributed by atoms with E-state index in [4.69, 9.17) is 0 Å². The molecule has 0 aliphatic rings. The second kappa shape index (κ2) is 6.25. The zero-order valence-corrected chi connectivity index (χ0v) is 11.2. The summed E-state index contributed by atoms with van der Waals surface area (Å²) in [5.41, 5.74) is 5.27. The van der Waals surface area contributed by atoms with E-state index in [9.17, 15) is 0 Å². The van der Waals surface area contributed by atoms with Crippen molar-refractivity contribution in [1.29, 1.82) is 0 Å². The highest BCUT2D eigenvalue weighted by atomic mass is 14.9. The summed E-state index contributed by atoms with van der Waals surface area (Å²) in [5.74, 6) is 0. The van der Waals surface area contributed by atoms with Crippen LogP contribution in [0.3, 0.4) is 0 Å². The summed E-state index contributed by atoms with van der Waals surface area (Å²) in [4.78, 5) is 0. The van der Waals surface area contributed by atoms with Crippen LogP contribution in [0.5, 0.6) is 0 Å². The van der Waals surface area contributed by atoms with Crippen LogP contribution in [0.1, 0.15) is 30.0 Å². The van der Waals surface area contributed by atoms with E-state index in [1.807, 2.05) is 0 Å². The monoisotopic (exact) mass is 239 g/mol. The van der Waals surface area contributed by atoms with E-state index in [0.29, 0.717) is 0 Å². The van der Waals surface area contributed by atoms with Crippen LogP contribution in [0.15, 0.2) is 48.5 Å². The van der Waals surface area contributed by atoms with Gasteiger partial charge in [0.15, 0.2) is 0 Å². The fourth-order valence-corrected chi connectivity index (χ4v) is 2.08. The quantitative estimate of drug-likeness (QED) is 0.806. The molecule has 0 saturated carbocycles. The van der Waals surface area contributed by atoms with Crippen LogP contribution >= 0.6 is 0 Å². The minimum atomic E-state index is 0.886. The van der Waals surface area contributed by atoms with E-state index in [-0.39, 0.29) is 0 Å². The second-order valence-electron chi connectivity index (χ2n) is 4.73. The number of hydrogen-bond acceptors (Lipinski definition) is 1. The minimum absolute atomic E-state index is 0.886. The molecule has 0 radical (unpaired) electrons. The summed E-state index contributed by atoms with van der Waals surface area (Å²) in [7, 11) is 0. The van der Waals surface area contributed by atoms with Crippen molar-refractivity contribution in [3.8, 4) is 0 Å². The van der Waals surface area contributed by atoms with Gasteiger partial charge in [-0.15, -0.1) is 0 Å². The van der Waals surface area contributed by atoms with Gasteiger partial charge in [0, 0.05) is 12.2 Å². The van der Waals surface area contributed by atoms with E-state index in [1.54, 1.807) is 0 Å². The molecule has 18 heavy (non-hydrogen) atoms. The molecule has 0 atom stereocenters. The maximum absolute atomic E-state index is 3.48. The third-order valence-corrected chi connectivity index (χ3v) is 3.19. The lowest BCUT2D eigenvalue weighted by molar-refractivity contribution is 0.920. The van der Waals surface area contributed by atoms with Gasteiger partial charge in [0.2, 0.25) is 0 Å². The molecule has 0 heterocycles. The molecule has 2 aromatic carbocycles. The molecular formula is C17H21N. The zero-order chi connectivity index (χ0) is 12.8. The molecule has 0 unspecified atom stereocenters. The first-order valence-corrected chi connectivity index (χ1v) is 6.67. The van der Waals surface area contributed by atoms with Gasteiger partial charge in [-0.05, 0) is 36.1 Å². The Morgan fingerprint density at radius 3 is 2.22 bits per heavy atom. The van der Waals surface area contributed by atoms with Gasteiger partial charge in [0.25, 0.3) is 0 Å². The summed E-state index contributed by atoms with van der Waals surface area (Å²) >= 11 is 0. The van der Waals surface area contributed by atoms with Gasteiger partial charge < -0.3 is 5.32 Å². The van der Waals surface area contributed by atoms with Gasteiger partial charge in [0.05, 0.1) is 0 Å². The Hall–Kier alpha value is -1.76. The number of nitrogens with one attached hydrogen (secondary N) is 1. The third kappa shape index (κ3) is 3.36. The van der Waals surface area contributed by atoms with Crippen molar-refractivity contribution in [2.24, 2.45) is 0 Å². The lowest BCUT2D eigenvalue weighted by atomic mass is 10.1. The normalized spacial score (nSPS) is 10.3. The zero-order valence-electron chi connectivity index (χ0n) is 11.2. The van der Waals surface area contributed by atoms with Crippen LogP contribution in [-0.2, 0) is 13.0 Å². The SMILES string of the molecule is CCCc1ccc(CNc2ccccc2C)cc1. The fourth-order valence-electron chi connectivity index (χ4n) is 2.08. The molecule has 1 nitrogen and oxygen atoms in total. The Balaban J connectivity index is 1.96. The maximum Gasteiger partial charge on any atom is 0.0400 e. The lowest BCUT2D eigenvalue weighted by Gasteiger charge is -2.09. The molecule has 0 fully saturated rings. The van der Waals surface area contributed by atoms with Crippen molar-refractivity contribution < 1.29 is 0 Å². The molecule has 0 saturated heterocycles. The first-order chi connectivity index (χ1) is 8.79. The van der Waals surface area contributed by atoms with Gasteiger partial charge in [-0.1, -0.05) is 55.8 Å². The van der Waals surface area contributed by atoms with Crippen molar-refractivity contribution >= 4 is 5.69 Å². The van der Waals surface area contributed by atoms with E-state index in [2.05, 4.69) is 67.7 Å². The van der Waals surface area contributed by atoms with Crippen molar-refractivity contribution in [3.05, 3.63) is 65.2 Å². The van der Waals surface area contributed by atoms with E-state index in [0.717, 1.165) is 6.54 Å². The topological polar surface area (TPSA) is 12.0 Å². The number of aryl methyl sites for hydroxylation is 2. The summed E-state index contributed by atoms with van der Waals surface area (Å²) in [6, 6.07) is 17.3. The van der Waals surface area contributed by atoms with Gasteiger partial charge in [0.1, 0.15) is 0 Å². The van der Waals surface area contributed by atoms with Crippen molar-refractivity contribution in [2.45, 2.75) is 33.2 Å². The number of rotatable bonds is 5. The summed E-state index contributed by atoms with van der Waals surface area (Å²) < 4.78 is 0. The Bertz CT molecular complexity index is 485. The van der Waals surface area contributed by atoms with Crippen LogP contribution in [0, 0.1) is 6.92 Å². The minimum Gasteiger partial charge on any atom is -0.381 e. The Morgan fingerprint density at radius 2 is 1.56 bits per heavy atom. The van der Waals surface area contributed by atoms with Crippen LogP contribution < -0.4 is 5.32 Å². The highest BCUT2D eigenvalue weighted by Gasteiger charge is 1.97. The predicted molar refractivity (Wildman–Crippen MR) is 78.9 cm³/mol. The highest BCUT2D eigenvalue weighted by molar-refractivity contribution is 5.50. The molecule has 0 aliphatic carbocycles. The average molecular weight is 239 g/mol. The molecule has 0 amide bonds. The molecule has 0 spiro atoms. The van der Waals surface area contributed by atoms with Crippen LogP contribution in [0.4, 0.5) is 5.69 Å². The Kier molecular flexibility index (Phi) is 4.40.